The highest BCUT2D eigenvalue weighted by Crippen LogP contribution is 2.31. The maximum atomic E-state index is 13.2. The number of sulfonamides is 1. The van der Waals surface area contributed by atoms with Crippen LogP contribution in [0.2, 0.25) is 0 Å². The van der Waals surface area contributed by atoms with E-state index in [0.717, 1.165) is 5.56 Å². The topological polar surface area (TPSA) is 131 Å². The molecule has 2 atom stereocenters. The van der Waals surface area contributed by atoms with Crippen LogP contribution in [0, 0.1) is 6.92 Å². The highest BCUT2D eigenvalue weighted by molar-refractivity contribution is 7.89. The minimum Gasteiger partial charge on any atom is -0.469 e. The number of carbonyl (C=O) groups excluding carboxylic acids is 3. The second-order valence-electron chi connectivity index (χ2n) is 7.42. The van der Waals surface area contributed by atoms with Crippen LogP contribution in [-0.2, 0) is 24.3 Å². The van der Waals surface area contributed by atoms with Gasteiger partial charge in [0.05, 0.1) is 24.5 Å². The number of hydrogen-bond donors (Lipinski definition) is 2. The van der Waals surface area contributed by atoms with Gasteiger partial charge in [0, 0.05) is 18.7 Å². The molecule has 33 heavy (non-hydrogen) atoms. The first-order valence-electron chi connectivity index (χ1n) is 10.2. The van der Waals surface area contributed by atoms with Gasteiger partial charge in [-0.1, -0.05) is 35.9 Å². The first kappa shape index (κ1) is 24.1. The number of para-hydroxylation sites is 1. The third kappa shape index (κ3) is 5.80. The lowest BCUT2D eigenvalue weighted by atomic mass is 10.1. The molecule has 3 rings (SSSR count). The normalized spacial score (nSPS) is 17.9. The second-order valence-corrected chi connectivity index (χ2v) is 9.23. The summed E-state index contributed by atoms with van der Waals surface area (Å²) >= 11 is 0. The van der Waals surface area contributed by atoms with E-state index in [4.69, 9.17) is 4.74 Å². The van der Waals surface area contributed by atoms with Crippen LogP contribution in [0.5, 0.6) is 0 Å². The molecule has 0 radical (unpaired) electrons. The monoisotopic (exact) mass is 475 g/mol. The van der Waals surface area contributed by atoms with E-state index in [2.05, 4.69) is 15.4 Å². The Kier molecular flexibility index (Phi) is 7.54. The van der Waals surface area contributed by atoms with E-state index >= 15 is 0 Å². The van der Waals surface area contributed by atoms with E-state index < -0.39 is 40.3 Å². The third-order valence-corrected chi connectivity index (χ3v) is 6.90. The Bertz CT molecular complexity index is 1100. The van der Waals surface area contributed by atoms with Crippen molar-refractivity contribution in [3.8, 4) is 0 Å². The van der Waals surface area contributed by atoms with Gasteiger partial charge in [-0.3, -0.25) is 4.79 Å². The number of urea groups is 1. The highest BCUT2D eigenvalue weighted by atomic mass is 32.2. The molecule has 0 aliphatic carbocycles. The van der Waals surface area contributed by atoms with Crippen molar-refractivity contribution in [3.63, 3.8) is 0 Å². The Morgan fingerprint density at radius 1 is 1.09 bits per heavy atom. The van der Waals surface area contributed by atoms with Gasteiger partial charge >= 0.3 is 18.1 Å². The molecule has 0 spiro atoms. The maximum Gasteiger partial charge on any atom is 0.424 e. The summed E-state index contributed by atoms with van der Waals surface area (Å²) in [6, 6.07) is 13.2. The molecule has 10 nitrogen and oxygen atoms in total. The zero-order chi connectivity index (χ0) is 24.0. The molecule has 1 fully saturated rings. The van der Waals surface area contributed by atoms with E-state index in [0.29, 0.717) is 9.99 Å². The van der Waals surface area contributed by atoms with E-state index in [1.165, 1.54) is 19.2 Å². The first-order valence-corrected chi connectivity index (χ1v) is 11.6. The predicted octanol–water partition coefficient (Wildman–Crippen LogP) is 2.65. The molecule has 2 aromatic rings. The van der Waals surface area contributed by atoms with Gasteiger partial charge in [-0.15, -0.1) is 0 Å². The lowest BCUT2D eigenvalue weighted by Crippen LogP contribution is -2.43. The number of nitrogens with one attached hydrogen (secondary N) is 2. The van der Waals surface area contributed by atoms with Gasteiger partial charge < -0.3 is 20.1 Å². The highest BCUT2D eigenvalue weighted by Gasteiger charge is 2.49. The minimum atomic E-state index is -4.27. The summed E-state index contributed by atoms with van der Waals surface area (Å²) in [5.41, 5.74) is 1.45. The molecule has 1 heterocycles. The summed E-state index contributed by atoms with van der Waals surface area (Å²) < 4.78 is 36.9. The molecule has 176 valence electrons. The fourth-order valence-corrected chi connectivity index (χ4v) is 4.90. The lowest BCUT2D eigenvalue weighted by molar-refractivity contribution is -0.141. The van der Waals surface area contributed by atoms with Crippen LogP contribution < -0.4 is 10.6 Å². The summed E-state index contributed by atoms with van der Waals surface area (Å²) in [7, 11) is -3.10. The van der Waals surface area contributed by atoms with Crippen LogP contribution in [0.25, 0.3) is 0 Å². The van der Waals surface area contributed by atoms with Crippen molar-refractivity contribution < 1.29 is 32.3 Å². The molecule has 0 aromatic heterocycles. The van der Waals surface area contributed by atoms with Gasteiger partial charge in [0.1, 0.15) is 6.10 Å². The standard InChI is InChI=1S/C22H25N3O7S/c1-15-8-10-17(11-9-15)33(29,30)25-18(14-20(26)31-2)19(32-22(25)28)12-13-23-21(27)24-16-6-4-3-5-7-16/h3-11,18-19H,12-14H2,1-2H3,(H2,23,24,27)/t18-,19-/m1/s1. The number of carbonyl (C=O) groups is 3. The first-order chi connectivity index (χ1) is 15.7. The molecule has 0 bridgehead atoms. The van der Waals surface area contributed by atoms with Crippen molar-refractivity contribution in [1.29, 1.82) is 0 Å². The molecule has 0 unspecified atom stereocenters. The number of esters is 1. The summed E-state index contributed by atoms with van der Waals surface area (Å²) in [6.07, 6.45) is -2.32. The van der Waals surface area contributed by atoms with Crippen LogP contribution in [0.4, 0.5) is 15.3 Å². The average Bonchev–Trinajstić information content (AvgIpc) is 3.09. The fraction of sp³-hybridized carbons (Fsp3) is 0.318. The molecular weight excluding hydrogens is 450 g/mol. The van der Waals surface area contributed by atoms with Gasteiger partial charge in [0.15, 0.2) is 0 Å². The van der Waals surface area contributed by atoms with Crippen LogP contribution in [0.3, 0.4) is 0 Å². The van der Waals surface area contributed by atoms with E-state index in [1.54, 1.807) is 43.3 Å². The molecule has 1 aliphatic heterocycles. The second kappa shape index (κ2) is 10.3. The summed E-state index contributed by atoms with van der Waals surface area (Å²) in [6.45, 7) is 1.88. The molecule has 2 aromatic carbocycles. The molecule has 3 amide bonds. The number of rotatable bonds is 8. The van der Waals surface area contributed by atoms with Crippen LogP contribution in [-0.4, -0.2) is 56.6 Å². The Hall–Kier alpha value is -3.60. The van der Waals surface area contributed by atoms with Gasteiger partial charge in [-0.05, 0) is 31.2 Å². The minimum absolute atomic E-state index is 0.0761. The average molecular weight is 476 g/mol. The number of amides is 3. The number of cyclic esters (lactones) is 1. The van der Waals surface area contributed by atoms with Crippen molar-refractivity contribution in [3.05, 3.63) is 60.2 Å². The molecule has 2 N–H and O–H groups in total. The number of aryl methyl sites for hydroxylation is 1. The zero-order valence-corrected chi connectivity index (χ0v) is 19.0. The zero-order valence-electron chi connectivity index (χ0n) is 18.2. The Balaban J connectivity index is 1.72. The van der Waals surface area contributed by atoms with Crippen molar-refractivity contribution >= 4 is 33.8 Å². The van der Waals surface area contributed by atoms with Crippen LogP contribution in [0.1, 0.15) is 18.4 Å². The number of hydrogen-bond acceptors (Lipinski definition) is 7. The fourth-order valence-electron chi connectivity index (χ4n) is 3.39. The van der Waals surface area contributed by atoms with E-state index in [9.17, 15) is 22.8 Å². The summed E-state index contributed by atoms with van der Waals surface area (Å²) in [4.78, 5) is 36.5. The van der Waals surface area contributed by atoms with Crippen molar-refractivity contribution in [2.45, 2.75) is 36.8 Å². The largest absolute Gasteiger partial charge is 0.469 e. The molecule has 1 saturated heterocycles. The Labute approximate surface area is 191 Å². The van der Waals surface area contributed by atoms with Gasteiger partial charge in [-0.25, -0.2) is 18.0 Å². The maximum absolute atomic E-state index is 13.2. The number of ether oxygens (including phenoxy) is 2. The quantitative estimate of drug-likeness (QED) is 0.561. The van der Waals surface area contributed by atoms with Crippen molar-refractivity contribution in [2.75, 3.05) is 19.0 Å². The van der Waals surface area contributed by atoms with Gasteiger partial charge in [0.25, 0.3) is 10.0 Å². The molecule has 0 saturated carbocycles. The number of nitrogens with zero attached hydrogens (tertiary/aromatic N) is 1. The Morgan fingerprint density at radius 2 is 1.76 bits per heavy atom. The van der Waals surface area contributed by atoms with Gasteiger partial charge in [0.2, 0.25) is 0 Å². The van der Waals surface area contributed by atoms with E-state index in [1.807, 2.05) is 6.07 Å². The van der Waals surface area contributed by atoms with Crippen molar-refractivity contribution in [2.24, 2.45) is 0 Å². The Morgan fingerprint density at radius 3 is 2.39 bits per heavy atom. The molecule has 1 aliphatic rings. The number of anilines is 1. The van der Waals surface area contributed by atoms with E-state index in [-0.39, 0.29) is 24.3 Å². The van der Waals surface area contributed by atoms with Gasteiger partial charge in [-0.2, -0.15) is 4.31 Å². The van der Waals surface area contributed by atoms with Crippen LogP contribution in [0.15, 0.2) is 59.5 Å². The smallest absolute Gasteiger partial charge is 0.424 e. The number of methoxy groups -OCH3 is 1. The van der Waals surface area contributed by atoms with Crippen molar-refractivity contribution in [1.82, 2.24) is 9.62 Å². The molecule has 11 heteroatoms. The summed E-state index contributed by atoms with van der Waals surface area (Å²) in [5, 5.41) is 5.28. The third-order valence-electron chi connectivity index (χ3n) is 5.09. The molecular formula is C22H25N3O7S. The SMILES string of the molecule is COC(=O)C[C@@H]1[C@@H](CCNC(=O)Nc2ccccc2)OC(=O)N1S(=O)(=O)c1ccc(C)cc1. The lowest BCUT2D eigenvalue weighted by Gasteiger charge is -2.23. The predicted molar refractivity (Wildman–Crippen MR) is 119 cm³/mol. The van der Waals surface area contributed by atoms with Crippen LogP contribution >= 0.6 is 0 Å². The number of benzene rings is 2. The summed E-state index contributed by atoms with van der Waals surface area (Å²) in [5.74, 6) is -0.692.